The molecule has 0 spiro atoms. The molecule has 136 valence electrons. The van der Waals surface area contributed by atoms with Crippen LogP contribution in [-0.2, 0) is 16.9 Å². The standard InChI is InChI=1S/C23H21NO3/c1-2-22-14-18-20(15-8-4-3-5-9-15)16-10-6-7-11-17(16)21(26)24(18)23(22,27)13-12-19(22)25/h3-11,27H,2,12-14H2,1H3/t22-,23-/m0/s1. The molecule has 2 atom stereocenters. The normalized spacial score (nSPS) is 26.4. The highest BCUT2D eigenvalue weighted by Crippen LogP contribution is 2.57. The molecule has 5 rings (SSSR count). The van der Waals surface area contributed by atoms with E-state index in [4.69, 9.17) is 0 Å². The van der Waals surface area contributed by atoms with E-state index in [1.807, 2.05) is 61.5 Å². The molecule has 3 aromatic rings. The van der Waals surface area contributed by atoms with Crippen molar-refractivity contribution < 1.29 is 9.90 Å². The Morgan fingerprint density at radius 3 is 2.37 bits per heavy atom. The van der Waals surface area contributed by atoms with Gasteiger partial charge in [-0.15, -0.1) is 0 Å². The van der Waals surface area contributed by atoms with Crippen molar-refractivity contribution in [2.75, 3.05) is 0 Å². The Bertz CT molecular complexity index is 1150. The molecule has 1 aromatic heterocycles. The summed E-state index contributed by atoms with van der Waals surface area (Å²) in [5.41, 5.74) is 0.197. The van der Waals surface area contributed by atoms with E-state index in [2.05, 4.69) is 0 Å². The Hall–Kier alpha value is -2.72. The smallest absolute Gasteiger partial charge is 0.261 e. The molecule has 0 bridgehead atoms. The van der Waals surface area contributed by atoms with Gasteiger partial charge in [0.05, 0.1) is 5.41 Å². The largest absolute Gasteiger partial charge is 0.369 e. The fourth-order valence-electron chi connectivity index (χ4n) is 5.33. The number of benzene rings is 2. The van der Waals surface area contributed by atoms with Crippen LogP contribution in [0.5, 0.6) is 0 Å². The van der Waals surface area contributed by atoms with Gasteiger partial charge in [0, 0.05) is 35.9 Å². The van der Waals surface area contributed by atoms with Crippen LogP contribution in [-0.4, -0.2) is 15.5 Å². The van der Waals surface area contributed by atoms with Crippen LogP contribution in [0.1, 0.15) is 31.9 Å². The summed E-state index contributed by atoms with van der Waals surface area (Å²) in [6.45, 7) is 1.94. The zero-order chi connectivity index (χ0) is 18.8. The van der Waals surface area contributed by atoms with E-state index in [1.54, 1.807) is 4.57 Å². The number of aromatic nitrogens is 1. The zero-order valence-electron chi connectivity index (χ0n) is 15.2. The van der Waals surface area contributed by atoms with E-state index in [1.165, 1.54) is 0 Å². The second-order valence-electron chi connectivity index (χ2n) is 7.73. The average Bonchev–Trinajstić information content (AvgIpc) is 3.10. The van der Waals surface area contributed by atoms with Crippen LogP contribution in [0.25, 0.3) is 21.9 Å². The van der Waals surface area contributed by atoms with Crippen LogP contribution in [0.15, 0.2) is 59.4 Å². The maximum Gasteiger partial charge on any atom is 0.261 e. The van der Waals surface area contributed by atoms with Gasteiger partial charge in [0.2, 0.25) is 0 Å². The minimum Gasteiger partial charge on any atom is -0.369 e. The summed E-state index contributed by atoms with van der Waals surface area (Å²) in [6.07, 6.45) is 1.56. The van der Waals surface area contributed by atoms with Gasteiger partial charge in [-0.1, -0.05) is 55.5 Å². The molecule has 1 aliphatic heterocycles. The summed E-state index contributed by atoms with van der Waals surface area (Å²) < 4.78 is 1.55. The molecule has 4 heteroatoms. The molecular weight excluding hydrogens is 338 g/mol. The van der Waals surface area contributed by atoms with Crippen molar-refractivity contribution in [1.29, 1.82) is 0 Å². The number of hydrogen-bond acceptors (Lipinski definition) is 3. The molecule has 0 saturated heterocycles. The predicted octanol–water partition coefficient (Wildman–Crippen LogP) is 3.63. The third-order valence-electron chi connectivity index (χ3n) is 6.69. The first-order valence-electron chi connectivity index (χ1n) is 9.52. The lowest BCUT2D eigenvalue weighted by atomic mass is 9.75. The molecule has 1 saturated carbocycles. The number of nitrogens with zero attached hydrogens (tertiary/aromatic N) is 1. The van der Waals surface area contributed by atoms with Crippen LogP contribution in [0.2, 0.25) is 0 Å². The minimum atomic E-state index is -1.43. The SMILES string of the molecule is CC[C@@]12Cc3c(-c4ccccc4)c4ccccc4c(=O)n3[C@]1(O)CCC2=O. The molecular formula is C23H21NO3. The van der Waals surface area contributed by atoms with Gasteiger partial charge in [0.1, 0.15) is 5.78 Å². The van der Waals surface area contributed by atoms with E-state index in [-0.39, 0.29) is 11.3 Å². The first-order chi connectivity index (χ1) is 13.0. The second kappa shape index (κ2) is 5.40. The summed E-state index contributed by atoms with van der Waals surface area (Å²) in [5.74, 6) is 0.0682. The van der Waals surface area contributed by atoms with E-state index >= 15 is 0 Å². The zero-order valence-corrected chi connectivity index (χ0v) is 15.2. The van der Waals surface area contributed by atoms with Crippen LogP contribution < -0.4 is 5.56 Å². The number of Topliss-reactive ketones (excluding diaryl/α,β-unsaturated/α-hetero) is 1. The summed E-state index contributed by atoms with van der Waals surface area (Å²) in [7, 11) is 0. The van der Waals surface area contributed by atoms with Gasteiger partial charge >= 0.3 is 0 Å². The van der Waals surface area contributed by atoms with E-state index < -0.39 is 11.1 Å². The number of ketones is 1. The van der Waals surface area contributed by atoms with Gasteiger partial charge in [0.25, 0.3) is 5.56 Å². The molecule has 2 heterocycles. The lowest BCUT2D eigenvalue weighted by Gasteiger charge is -2.34. The van der Waals surface area contributed by atoms with Gasteiger partial charge in [-0.3, -0.25) is 14.2 Å². The minimum absolute atomic E-state index is 0.0682. The molecule has 4 nitrogen and oxygen atoms in total. The summed E-state index contributed by atoms with van der Waals surface area (Å²) in [4.78, 5) is 26.3. The van der Waals surface area contributed by atoms with Crippen molar-refractivity contribution >= 4 is 16.6 Å². The third-order valence-corrected chi connectivity index (χ3v) is 6.69. The van der Waals surface area contributed by atoms with Gasteiger partial charge in [0.15, 0.2) is 5.72 Å². The number of rotatable bonds is 2. The lowest BCUT2D eigenvalue weighted by molar-refractivity contribution is -0.146. The van der Waals surface area contributed by atoms with E-state index in [9.17, 15) is 14.7 Å². The van der Waals surface area contributed by atoms with Crippen LogP contribution in [0.3, 0.4) is 0 Å². The fourth-order valence-corrected chi connectivity index (χ4v) is 5.33. The molecule has 0 radical (unpaired) electrons. The number of carbonyl (C=O) groups is 1. The monoisotopic (exact) mass is 359 g/mol. The van der Waals surface area contributed by atoms with Gasteiger partial charge in [-0.05, 0) is 23.4 Å². The quantitative estimate of drug-likeness (QED) is 0.760. The fraction of sp³-hybridized carbons (Fsp3) is 0.304. The molecule has 1 fully saturated rings. The molecule has 1 aliphatic carbocycles. The molecule has 2 aliphatic rings. The topological polar surface area (TPSA) is 59.3 Å². The number of pyridine rings is 1. The van der Waals surface area contributed by atoms with E-state index in [0.29, 0.717) is 31.1 Å². The number of aliphatic hydroxyl groups is 1. The van der Waals surface area contributed by atoms with Crippen molar-refractivity contribution in [3.05, 3.63) is 70.6 Å². The number of hydrogen-bond donors (Lipinski definition) is 1. The Kier molecular flexibility index (Phi) is 3.29. The van der Waals surface area contributed by atoms with Crippen molar-refractivity contribution in [3.8, 4) is 11.1 Å². The Balaban J connectivity index is 1.96. The van der Waals surface area contributed by atoms with Crippen LogP contribution >= 0.6 is 0 Å². The Morgan fingerprint density at radius 2 is 1.67 bits per heavy atom. The Morgan fingerprint density at radius 1 is 1.00 bits per heavy atom. The van der Waals surface area contributed by atoms with E-state index in [0.717, 1.165) is 22.2 Å². The average molecular weight is 359 g/mol. The van der Waals surface area contributed by atoms with Gasteiger partial charge in [-0.25, -0.2) is 0 Å². The summed E-state index contributed by atoms with van der Waals surface area (Å²) in [5, 5.41) is 13.1. The first-order valence-corrected chi connectivity index (χ1v) is 9.52. The molecule has 0 amide bonds. The van der Waals surface area contributed by atoms with Gasteiger partial charge in [-0.2, -0.15) is 0 Å². The van der Waals surface area contributed by atoms with Crippen molar-refractivity contribution in [2.45, 2.75) is 38.3 Å². The molecule has 2 aromatic carbocycles. The van der Waals surface area contributed by atoms with Crippen LogP contribution in [0, 0.1) is 5.41 Å². The summed E-state index contributed by atoms with van der Waals surface area (Å²) in [6, 6.07) is 17.5. The number of carbonyl (C=O) groups excluding carboxylic acids is 1. The molecule has 0 unspecified atom stereocenters. The maximum atomic E-state index is 13.4. The highest BCUT2D eigenvalue weighted by atomic mass is 16.3. The predicted molar refractivity (Wildman–Crippen MR) is 105 cm³/mol. The Labute approximate surface area is 157 Å². The number of fused-ring (bicyclic) bond motifs is 4. The molecule has 27 heavy (non-hydrogen) atoms. The molecule has 1 N–H and O–H groups in total. The van der Waals surface area contributed by atoms with Crippen molar-refractivity contribution in [3.63, 3.8) is 0 Å². The van der Waals surface area contributed by atoms with Crippen LogP contribution in [0.4, 0.5) is 0 Å². The third kappa shape index (κ3) is 1.86. The first kappa shape index (κ1) is 16.5. The van der Waals surface area contributed by atoms with Crippen molar-refractivity contribution in [2.24, 2.45) is 5.41 Å². The highest BCUT2D eigenvalue weighted by Gasteiger charge is 2.64. The second-order valence-corrected chi connectivity index (χ2v) is 7.73. The lowest BCUT2D eigenvalue weighted by Crippen LogP contribution is -2.48. The maximum absolute atomic E-state index is 13.4. The highest BCUT2D eigenvalue weighted by molar-refractivity contribution is 5.99. The summed E-state index contributed by atoms with van der Waals surface area (Å²) >= 11 is 0. The van der Waals surface area contributed by atoms with Crippen molar-refractivity contribution in [1.82, 2.24) is 4.57 Å². The van der Waals surface area contributed by atoms with Gasteiger partial charge < -0.3 is 5.11 Å².